The fourth-order valence-corrected chi connectivity index (χ4v) is 2.29. The highest BCUT2D eigenvalue weighted by atomic mass is 79.9. The predicted molar refractivity (Wildman–Crippen MR) is 72.2 cm³/mol. The van der Waals surface area contributed by atoms with Crippen molar-refractivity contribution < 1.29 is 0 Å². The molecule has 0 fully saturated rings. The molecule has 3 heteroatoms. The Hall–Kier alpha value is -1.06. The van der Waals surface area contributed by atoms with Crippen LogP contribution in [0.4, 0.5) is 0 Å². The summed E-state index contributed by atoms with van der Waals surface area (Å²) in [6.45, 7) is 0. The van der Waals surface area contributed by atoms with Crippen LogP contribution in [0.25, 0.3) is 0 Å². The van der Waals surface area contributed by atoms with Crippen molar-refractivity contribution in [1.29, 1.82) is 0 Å². The van der Waals surface area contributed by atoms with Crippen molar-refractivity contribution in [2.75, 3.05) is 0 Å². The number of hydrogen-bond donors (Lipinski definition) is 0. The van der Waals surface area contributed by atoms with Crippen molar-refractivity contribution >= 4 is 28.4 Å². The Kier molecular flexibility index (Phi) is 3.80. The quantitative estimate of drug-likeness (QED) is 0.823. The van der Waals surface area contributed by atoms with E-state index < -0.39 is 0 Å². The van der Waals surface area contributed by atoms with Crippen molar-refractivity contribution in [2.45, 2.75) is 6.04 Å². The van der Waals surface area contributed by atoms with Crippen LogP contribution in [0.1, 0.15) is 17.2 Å². The molecule has 0 N–H and O–H groups in total. The van der Waals surface area contributed by atoms with E-state index in [0.29, 0.717) is 0 Å². The molecule has 1 atom stereocenters. The monoisotopic (exact) mass is 291 g/mol. The zero-order valence-corrected chi connectivity index (χ0v) is 10.9. The molecule has 1 unspecified atom stereocenters. The molecule has 0 aromatic heterocycles. The molecule has 80 valence electrons. The van der Waals surface area contributed by atoms with E-state index in [1.807, 2.05) is 54.6 Å². The third-order valence-electron chi connectivity index (χ3n) is 2.39. The molecule has 0 saturated heterocycles. The molecular formula is C13H10BrNS. The second-order valence-electron chi connectivity index (χ2n) is 3.47. The predicted octanol–water partition coefficient (Wildman–Crippen LogP) is 4.27. The van der Waals surface area contributed by atoms with Crippen molar-refractivity contribution in [3.8, 4) is 0 Å². The number of hydrogen-bond acceptors (Lipinski definition) is 2. The first kappa shape index (κ1) is 11.4. The third kappa shape index (κ3) is 2.54. The zero-order chi connectivity index (χ0) is 11.4. The summed E-state index contributed by atoms with van der Waals surface area (Å²) < 4.78 is 5.08. The highest BCUT2D eigenvalue weighted by Crippen LogP contribution is 2.27. The first-order valence-electron chi connectivity index (χ1n) is 4.94. The third-order valence-corrected chi connectivity index (χ3v) is 3.09. The average Bonchev–Trinajstić information content (AvgIpc) is 2.31. The fraction of sp³-hybridized carbons (Fsp3) is 0.0769. The summed E-state index contributed by atoms with van der Waals surface area (Å²) in [5.41, 5.74) is 2.23. The van der Waals surface area contributed by atoms with Crippen LogP contribution >= 0.6 is 15.9 Å². The maximum absolute atomic E-state index is 4.89. The van der Waals surface area contributed by atoms with E-state index in [-0.39, 0.29) is 6.04 Å². The second-order valence-corrected chi connectivity index (χ2v) is 4.60. The van der Waals surface area contributed by atoms with Gasteiger partial charge in [-0.1, -0.05) is 58.4 Å². The minimum absolute atomic E-state index is 0.0614. The summed E-state index contributed by atoms with van der Waals surface area (Å²) in [5, 5.41) is 0. The van der Waals surface area contributed by atoms with Crippen molar-refractivity contribution in [2.24, 2.45) is 4.36 Å². The Balaban J connectivity index is 2.41. The Bertz CT molecular complexity index is 484. The summed E-state index contributed by atoms with van der Waals surface area (Å²) in [7, 11) is 0. The van der Waals surface area contributed by atoms with Crippen LogP contribution in [0.15, 0.2) is 63.4 Å². The number of rotatable bonds is 3. The van der Waals surface area contributed by atoms with E-state index in [1.54, 1.807) is 0 Å². The van der Waals surface area contributed by atoms with Crippen molar-refractivity contribution in [3.05, 3.63) is 70.2 Å². The van der Waals surface area contributed by atoms with Gasteiger partial charge in [0.1, 0.15) is 6.04 Å². The molecule has 0 amide bonds. The lowest BCUT2D eigenvalue weighted by Gasteiger charge is -2.11. The van der Waals surface area contributed by atoms with Crippen LogP contribution in [0.2, 0.25) is 0 Å². The van der Waals surface area contributed by atoms with Gasteiger partial charge in [0, 0.05) is 16.9 Å². The molecule has 0 heterocycles. The topological polar surface area (TPSA) is 12.4 Å². The number of nitrogens with zero attached hydrogens (tertiary/aromatic N) is 1. The van der Waals surface area contributed by atoms with E-state index in [0.717, 1.165) is 15.6 Å². The molecule has 16 heavy (non-hydrogen) atoms. The molecule has 2 aromatic carbocycles. The minimum atomic E-state index is -0.0614. The Morgan fingerprint density at radius 2 is 1.62 bits per heavy atom. The molecule has 0 spiro atoms. The summed E-state index contributed by atoms with van der Waals surface area (Å²) in [6.07, 6.45) is 0. The molecular weight excluding hydrogens is 282 g/mol. The van der Waals surface area contributed by atoms with E-state index in [4.69, 9.17) is 12.4 Å². The van der Waals surface area contributed by atoms with Gasteiger partial charge in [-0.05, 0) is 23.3 Å². The highest BCUT2D eigenvalue weighted by molar-refractivity contribution is 9.10. The Morgan fingerprint density at radius 3 is 2.25 bits per heavy atom. The van der Waals surface area contributed by atoms with Gasteiger partial charge in [0.2, 0.25) is 0 Å². The summed E-state index contributed by atoms with van der Waals surface area (Å²) in [5.74, 6) is 0. The summed E-state index contributed by atoms with van der Waals surface area (Å²) in [4.78, 5) is 0. The Morgan fingerprint density at radius 1 is 0.938 bits per heavy atom. The van der Waals surface area contributed by atoms with Gasteiger partial charge < -0.3 is 0 Å². The number of halogens is 1. The van der Waals surface area contributed by atoms with Crippen molar-refractivity contribution in [3.63, 3.8) is 0 Å². The summed E-state index contributed by atoms with van der Waals surface area (Å²) >= 11 is 8.35. The number of benzene rings is 2. The molecule has 0 saturated carbocycles. The minimum Gasteiger partial charge on any atom is -0.206 e. The van der Waals surface area contributed by atoms with Crippen LogP contribution in [-0.4, -0.2) is 0 Å². The van der Waals surface area contributed by atoms with Crippen molar-refractivity contribution in [1.82, 2.24) is 0 Å². The molecule has 0 bridgehead atoms. The van der Waals surface area contributed by atoms with Crippen LogP contribution in [0, 0.1) is 0 Å². The van der Waals surface area contributed by atoms with Crippen LogP contribution in [0.5, 0.6) is 0 Å². The molecule has 1 nitrogen and oxygen atoms in total. The van der Waals surface area contributed by atoms with Gasteiger partial charge in [0.05, 0.1) is 0 Å². The van der Waals surface area contributed by atoms with Gasteiger partial charge in [-0.3, -0.25) is 0 Å². The van der Waals surface area contributed by atoms with E-state index in [1.165, 1.54) is 0 Å². The molecule has 0 aliphatic heterocycles. The maximum Gasteiger partial charge on any atom is 0.113 e. The first-order valence-corrected chi connectivity index (χ1v) is 6.10. The summed E-state index contributed by atoms with van der Waals surface area (Å²) in [6, 6.07) is 18.1. The van der Waals surface area contributed by atoms with Gasteiger partial charge >= 0.3 is 0 Å². The van der Waals surface area contributed by atoms with Crippen LogP contribution in [0.3, 0.4) is 0 Å². The van der Waals surface area contributed by atoms with Crippen LogP contribution < -0.4 is 0 Å². The highest BCUT2D eigenvalue weighted by Gasteiger charge is 2.11. The van der Waals surface area contributed by atoms with E-state index in [9.17, 15) is 0 Å². The standard InChI is InChI=1S/C13H10BrNS/c14-12-8-4-7-11(9-12)13(15-16)10-5-2-1-3-6-10/h1-9,13H. The normalized spacial score (nSPS) is 12.1. The van der Waals surface area contributed by atoms with E-state index >= 15 is 0 Å². The zero-order valence-electron chi connectivity index (χ0n) is 8.51. The lowest BCUT2D eigenvalue weighted by Crippen LogP contribution is -1.96. The largest absolute Gasteiger partial charge is 0.206 e. The second kappa shape index (κ2) is 5.32. The van der Waals surface area contributed by atoms with Gasteiger partial charge in [-0.15, -0.1) is 0 Å². The van der Waals surface area contributed by atoms with Gasteiger partial charge in [-0.2, -0.15) is 0 Å². The lowest BCUT2D eigenvalue weighted by atomic mass is 10.00. The maximum atomic E-state index is 4.89. The molecule has 2 aromatic rings. The Labute approximate surface area is 109 Å². The molecule has 0 aliphatic rings. The molecule has 0 radical (unpaired) electrons. The fourth-order valence-electron chi connectivity index (χ4n) is 1.63. The van der Waals surface area contributed by atoms with Gasteiger partial charge in [-0.25, -0.2) is 4.36 Å². The van der Waals surface area contributed by atoms with Crippen LogP contribution in [-0.2, 0) is 12.4 Å². The SMILES string of the molecule is S=NC(c1ccccc1)c1cccc(Br)c1. The average molecular weight is 292 g/mol. The van der Waals surface area contributed by atoms with Gasteiger partial charge in [0.15, 0.2) is 0 Å². The van der Waals surface area contributed by atoms with E-state index in [2.05, 4.69) is 20.3 Å². The molecule has 0 aliphatic carbocycles. The smallest absolute Gasteiger partial charge is 0.113 e. The lowest BCUT2D eigenvalue weighted by molar-refractivity contribution is 0.891. The molecule has 2 rings (SSSR count). The first-order chi connectivity index (χ1) is 7.81. The van der Waals surface area contributed by atoms with Gasteiger partial charge in [0.25, 0.3) is 0 Å².